The maximum absolute atomic E-state index is 12.3. The molecule has 0 saturated heterocycles. The molecule has 0 amide bonds. The number of hydrogen-bond donors (Lipinski definition) is 0. The Bertz CT molecular complexity index is 380. The first-order valence-electron chi connectivity index (χ1n) is 3.95. The molecule has 5 heteroatoms. The molecule has 0 N–H and O–H groups in total. The van der Waals surface area contributed by atoms with E-state index < -0.39 is 34.6 Å². The first kappa shape index (κ1) is 5.13. The summed E-state index contributed by atoms with van der Waals surface area (Å²) in [5.74, 6) is 0. The standard InChI is InChI=1S/C6H3BrF3N/c7-5-1-2-11-3-4(5)6(8,9)10/h1-3H/i1D,2D,3D. The molecule has 60 valence electrons. The maximum Gasteiger partial charge on any atom is 0.418 e. The lowest BCUT2D eigenvalue weighted by Gasteiger charge is -2.06. The molecule has 0 saturated carbocycles. The lowest BCUT2D eigenvalue weighted by molar-refractivity contribution is -0.138. The predicted molar refractivity (Wildman–Crippen MR) is 36.9 cm³/mol. The van der Waals surface area contributed by atoms with Gasteiger partial charge in [-0.05, 0) is 6.04 Å². The number of aromatic nitrogens is 1. The van der Waals surface area contributed by atoms with Gasteiger partial charge in [0, 0.05) is 16.8 Å². The molecule has 0 bridgehead atoms. The molecule has 1 nitrogen and oxygen atoms in total. The molecular weight excluding hydrogens is 223 g/mol. The topological polar surface area (TPSA) is 12.9 Å². The SMILES string of the molecule is [2H]c1nc([2H])c(C(F)(F)F)c(Br)c1[2H]. The summed E-state index contributed by atoms with van der Waals surface area (Å²) in [5, 5.41) is 0. The van der Waals surface area contributed by atoms with Crippen molar-refractivity contribution in [2.75, 3.05) is 0 Å². The smallest absolute Gasteiger partial charge is 0.264 e. The van der Waals surface area contributed by atoms with E-state index in [0.717, 1.165) is 0 Å². The summed E-state index contributed by atoms with van der Waals surface area (Å²) < 4.78 is 57.3. The quantitative estimate of drug-likeness (QED) is 0.666. The molecule has 0 spiro atoms. The Hall–Kier alpha value is -0.580. The van der Waals surface area contributed by atoms with E-state index in [1.807, 2.05) is 0 Å². The second kappa shape index (κ2) is 2.81. The van der Waals surface area contributed by atoms with Gasteiger partial charge in [0.05, 0.1) is 9.68 Å². The number of nitrogens with zero attached hydrogens (tertiary/aromatic N) is 1. The minimum absolute atomic E-state index is 0.616. The Kier molecular flexibility index (Phi) is 1.31. The van der Waals surface area contributed by atoms with Crippen LogP contribution in [0.1, 0.15) is 9.68 Å². The van der Waals surface area contributed by atoms with Crippen LogP contribution in [0.3, 0.4) is 0 Å². The number of hydrogen-bond acceptors (Lipinski definition) is 1. The van der Waals surface area contributed by atoms with E-state index in [1.54, 1.807) is 0 Å². The Balaban J connectivity index is 3.53. The lowest BCUT2D eigenvalue weighted by atomic mass is 10.3. The average Bonchev–Trinajstić information content (AvgIpc) is 1.97. The van der Waals surface area contributed by atoms with Crippen LogP contribution >= 0.6 is 15.9 Å². The van der Waals surface area contributed by atoms with Crippen LogP contribution in [0.4, 0.5) is 13.2 Å². The van der Waals surface area contributed by atoms with Crippen LogP contribution in [0.5, 0.6) is 0 Å². The van der Waals surface area contributed by atoms with E-state index in [1.165, 1.54) is 0 Å². The molecule has 0 atom stereocenters. The van der Waals surface area contributed by atoms with Gasteiger partial charge >= 0.3 is 6.18 Å². The second-order valence-corrected chi connectivity index (χ2v) is 2.44. The molecule has 0 aliphatic heterocycles. The van der Waals surface area contributed by atoms with Gasteiger partial charge in [-0.15, -0.1) is 0 Å². The number of pyridine rings is 1. The molecule has 0 radical (unpaired) electrons. The lowest BCUT2D eigenvalue weighted by Crippen LogP contribution is -2.05. The monoisotopic (exact) mass is 228 g/mol. The third-order valence-corrected chi connectivity index (χ3v) is 1.49. The zero-order valence-corrected chi connectivity index (χ0v) is 6.55. The van der Waals surface area contributed by atoms with Gasteiger partial charge in [-0.2, -0.15) is 13.2 Å². The van der Waals surface area contributed by atoms with Crippen LogP contribution < -0.4 is 0 Å². The summed E-state index contributed by atoms with van der Waals surface area (Å²) in [6, 6.07) is -0.673. The largest absolute Gasteiger partial charge is 0.418 e. The highest BCUT2D eigenvalue weighted by molar-refractivity contribution is 9.10. The molecule has 1 aromatic rings. The Morgan fingerprint density at radius 3 is 2.73 bits per heavy atom. The number of alkyl halides is 3. The molecular formula is C6H3BrF3N. The van der Waals surface area contributed by atoms with Gasteiger partial charge in [0.25, 0.3) is 0 Å². The summed E-state index contributed by atoms with van der Waals surface area (Å²) in [6.45, 7) is 0. The fourth-order valence-electron chi connectivity index (χ4n) is 0.460. The zero-order valence-electron chi connectivity index (χ0n) is 7.96. The molecule has 0 aliphatic carbocycles. The highest BCUT2D eigenvalue weighted by atomic mass is 79.9. The van der Waals surface area contributed by atoms with E-state index in [2.05, 4.69) is 20.9 Å². The van der Waals surface area contributed by atoms with Crippen molar-refractivity contribution in [2.24, 2.45) is 0 Å². The molecule has 0 unspecified atom stereocenters. The zero-order chi connectivity index (χ0) is 11.1. The van der Waals surface area contributed by atoms with Crippen molar-refractivity contribution >= 4 is 15.9 Å². The second-order valence-electron chi connectivity index (χ2n) is 1.65. The predicted octanol–water partition coefficient (Wildman–Crippen LogP) is 2.86. The van der Waals surface area contributed by atoms with Crippen molar-refractivity contribution < 1.29 is 17.3 Å². The van der Waals surface area contributed by atoms with Gasteiger partial charge in [0.2, 0.25) is 0 Å². The highest BCUT2D eigenvalue weighted by Crippen LogP contribution is 2.33. The average molecular weight is 229 g/mol. The Morgan fingerprint density at radius 1 is 1.55 bits per heavy atom. The van der Waals surface area contributed by atoms with Crippen molar-refractivity contribution in [2.45, 2.75) is 6.18 Å². The van der Waals surface area contributed by atoms with E-state index in [9.17, 15) is 13.2 Å². The number of rotatable bonds is 0. The summed E-state index contributed by atoms with van der Waals surface area (Å²) in [5.41, 5.74) is -1.32. The molecule has 0 aliphatic rings. The van der Waals surface area contributed by atoms with E-state index in [4.69, 9.17) is 4.11 Å². The van der Waals surface area contributed by atoms with Crippen LogP contribution in [-0.2, 0) is 6.18 Å². The highest BCUT2D eigenvalue weighted by Gasteiger charge is 2.32. The molecule has 0 fully saturated rings. The third-order valence-electron chi connectivity index (χ3n) is 0.892. The van der Waals surface area contributed by atoms with Crippen LogP contribution in [0.15, 0.2) is 22.9 Å². The van der Waals surface area contributed by atoms with Crippen molar-refractivity contribution in [3.05, 3.63) is 28.4 Å². The van der Waals surface area contributed by atoms with E-state index in [-0.39, 0.29) is 0 Å². The molecule has 1 heterocycles. The van der Waals surface area contributed by atoms with Gasteiger partial charge in [0.1, 0.15) is 0 Å². The van der Waals surface area contributed by atoms with Gasteiger partial charge in [-0.25, -0.2) is 0 Å². The number of halogens is 4. The Labute approximate surface area is 73.6 Å². The van der Waals surface area contributed by atoms with Crippen LogP contribution in [0, 0.1) is 0 Å². The van der Waals surface area contributed by atoms with Crippen molar-refractivity contribution in [3.63, 3.8) is 0 Å². The summed E-state index contributed by atoms with van der Waals surface area (Å²) in [7, 11) is 0. The van der Waals surface area contributed by atoms with Crippen molar-refractivity contribution in [1.82, 2.24) is 4.98 Å². The molecule has 1 rings (SSSR count). The molecule has 0 aromatic carbocycles. The first-order chi connectivity index (χ1) is 6.25. The minimum Gasteiger partial charge on any atom is -0.264 e. The fourth-order valence-corrected chi connectivity index (χ4v) is 0.862. The van der Waals surface area contributed by atoms with Crippen molar-refractivity contribution in [3.8, 4) is 0 Å². The Morgan fingerprint density at radius 2 is 2.18 bits per heavy atom. The summed E-state index contributed by atoms with van der Waals surface area (Å²) >= 11 is 2.53. The van der Waals surface area contributed by atoms with Crippen LogP contribution in [0.25, 0.3) is 0 Å². The molecule has 1 aromatic heterocycles. The van der Waals surface area contributed by atoms with Gasteiger partial charge < -0.3 is 0 Å². The van der Waals surface area contributed by atoms with E-state index in [0.29, 0.717) is 0 Å². The fraction of sp³-hybridized carbons (Fsp3) is 0.167. The van der Waals surface area contributed by atoms with Crippen LogP contribution in [-0.4, -0.2) is 4.98 Å². The van der Waals surface area contributed by atoms with Gasteiger partial charge in [-0.3, -0.25) is 4.98 Å². The van der Waals surface area contributed by atoms with Gasteiger partial charge in [0.15, 0.2) is 0 Å². The minimum atomic E-state index is -4.74. The first-order valence-corrected chi connectivity index (χ1v) is 3.25. The normalized spacial score (nSPS) is 15.5. The van der Waals surface area contributed by atoms with E-state index >= 15 is 0 Å². The van der Waals surface area contributed by atoms with Gasteiger partial charge in [-0.1, -0.05) is 15.9 Å². The third kappa shape index (κ3) is 1.92. The summed E-state index contributed by atoms with van der Waals surface area (Å²) in [6.07, 6.45) is -6.45. The van der Waals surface area contributed by atoms with Crippen LogP contribution in [0.2, 0.25) is 0 Å². The molecule has 11 heavy (non-hydrogen) atoms. The maximum atomic E-state index is 12.3. The van der Waals surface area contributed by atoms with Crippen molar-refractivity contribution in [1.29, 1.82) is 0 Å². The summed E-state index contributed by atoms with van der Waals surface area (Å²) in [4.78, 5) is 3.00.